The van der Waals surface area contributed by atoms with Gasteiger partial charge in [0.1, 0.15) is 0 Å². The van der Waals surface area contributed by atoms with Gasteiger partial charge in [-0.15, -0.1) is 81.2 Å². The summed E-state index contributed by atoms with van der Waals surface area (Å²) in [6.07, 6.45) is 13.3. The van der Waals surface area contributed by atoms with Crippen LogP contribution >= 0.6 is 0 Å². The SMILES string of the molecule is CCCCCCc1cc2ccccc2[cH-]1.CCCCCCc1cc2ccccc2[cH-]1.[Si]=[Zr].[c-]1ccccc1.[c-]1ccccc1. The van der Waals surface area contributed by atoms with Gasteiger partial charge in [-0.05, 0) is 12.8 Å². The van der Waals surface area contributed by atoms with E-state index in [1.807, 2.05) is 60.7 Å². The monoisotopic (exact) mass is 670 g/mol. The number of unbranched alkanes of at least 4 members (excludes halogenated alkanes) is 6. The molecule has 2 radical (unpaired) electrons. The molecule has 0 aliphatic carbocycles. The Morgan fingerprint density at radius 3 is 1.18 bits per heavy atom. The topological polar surface area (TPSA) is 0 Å². The molecule has 0 saturated carbocycles. The van der Waals surface area contributed by atoms with Crippen molar-refractivity contribution in [3.63, 3.8) is 0 Å². The van der Waals surface area contributed by atoms with Gasteiger partial charge in [-0.3, -0.25) is 0 Å². The maximum atomic E-state index is 3.06. The van der Waals surface area contributed by atoms with Crippen molar-refractivity contribution >= 4 is 28.4 Å². The first-order chi connectivity index (χ1) is 21.8. The van der Waals surface area contributed by atoms with Gasteiger partial charge in [0.2, 0.25) is 0 Å². The standard InChI is InChI=1S/2C15H19.2C6H5.Si.Zr/c2*1-2-3-4-5-8-13-11-14-9-6-7-10-15(14)12-13;2*1-2-4-6-5-3-1;;/h2*6-7,9-12H,2-5,8H2,1H3;2*1-5H;;/q4*-1;;. The van der Waals surface area contributed by atoms with E-state index in [-0.39, 0.29) is 0 Å². The van der Waals surface area contributed by atoms with Crippen LogP contribution in [0.1, 0.15) is 76.3 Å². The Morgan fingerprint density at radius 2 is 0.886 bits per heavy atom. The summed E-state index contributed by atoms with van der Waals surface area (Å²) < 4.78 is 0. The molecule has 44 heavy (non-hydrogen) atoms. The molecular weight excluding hydrogens is 624 g/mol. The minimum Gasteiger partial charge on any atom is -0.184 e. The van der Waals surface area contributed by atoms with Crippen LogP contribution < -0.4 is 0 Å². The molecule has 6 aromatic carbocycles. The molecule has 0 spiro atoms. The Balaban J connectivity index is 0.000000216. The van der Waals surface area contributed by atoms with E-state index in [0.717, 1.165) is 0 Å². The molecule has 0 aliphatic rings. The summed E-state index contributed by atoms with van der Waals surface area (Å²) in [5.74, 6) is 0. The third-order valence-corrected chi connectivity index (χ3v) is 7.21. The van der Waals surface area contributed by atoms with E-state index >= 15 is 0 Å². The van der Waals surface area contributed by atoms with Crippen molar-refractivity contribution in [2.75, 3.05) is 0 Å². The van der Waals surface area contributed by atoms with Crippen LogP contribution in [0, 0.1) is 12.1 Å². The predicted molar refractivity (Wildman–Crippen MR) is 191 cm³/mol. The zero-order chi connectivity index (χ0) is 31.5. The van der Waals surface area contributed by atoms with Gasteiger partial charge in [-0.2, -0.15) is 84.9 Å². The van der Waals surface area contributed by atoms with E-state index in [1.165, 1.54) is 120 Å². The molecule has 0 bridgehead atoms. The Hall–Kier alpha value is -2.80. The first kappa shape index (κ1) is 37.4. The Bertz CT molecular complexity index is 1230. The van der Waals surface area contributed by atoms with Crippen molar-refractivity contribution in [2.45, 2.75) is 78.1 Å². The molecule has 0 amide bonds. The summed E-state index contributed by atoms with van der Waals surface area (Å²) in [5, 5.41) is 5.57. The molecular formula is C42H48SiZr-4. The molecule has 228 valence electrons. The number of fused-ring (bicyclic) bond motifs is 2. The van der Waals surface area contributed by atoms with Gasteiger partial charge in [0.25, 0.3) is 0 Å². The smallest absolute Gasteiger partial charge is 0.171 e. The maximum absolute atomic E-state index is 3.06. The minimum atomic E-state index is 1.24. The summed E-state index contributed by atoms with van der Waals surface area (Å²) in [4.78, 5) is 0. The molecule has 2 heteroatoms. The van der Waals surface area contributed by atoms with Gasteiger partial charge in [-0.1, -0.05) is 77.3 Å². The van der Waals surface area contributed by atoms with Gasteiger partial charge in [0.15, 0.2) is 0 Å². The van der Waals surface area contributed by atoms with E-state index < -0.39 is 0 Å². The Labute approximate surface area is 284 Å². The zero-order valence-electron chi connectivity index (χ0n) is 26.8. The average molecular weight is 672 g/mol. The Morgan fingerprint density at radius 1 is 0.500 bits per heavy atom. The number of benzene rings is 4. The third-order valence-electron chi connectivity index (χ3n) is 7.21. The van der Waals surface area contributed by atoms with Gasteiger partial charge >= 0.3 is 30.2 Å². The quantitative estimate of drug-likeness (QED) is 0.0772. The van der Waals surface area contributed by atoms with E-state index in [4.69, 9.17) is 0 Å². The largest absolute Gasteiger partial charge is 0.184 e. The molecule has 0 aliphatic heterocycles. The van der Waals surface area contributed by atoms with Crippen molar-refractivity contribution in [1.82, 2.24) is 0 Å². The zero-order valence-corrected chi connectivity index (χ0v) is 30.2. The fourth-order valence-electron chi connectivity index (χ4n) is 4.91. The Kier molecular flexibility index (Phi) is 21.7. The van der Waals surface area contributed by atoms with E-state index in [0.29, 0.717) is 0 Å². The minimum absolute atomic E-state index is 1.24. The van der Waals surface area contributed by atoms with E-state index in [2.05, 4.69) is 106 Å². The summed E-state index contributed by atoms with van der Waals surface area (Å²) in [7, 11) is 0. The van der Waals surface area contributed by atoms with Crippen LogP contribution in [0.15, 0.2) is 133 Å². The first-order valence-electron chi connectivity index (χ1n) is 16.2. The van der Waals surface area contributed by atoms with Crippen molar-refractivity contribution in [1.29, 1.82) is 0 Å². The van der Waals surface area contributed by atoms with Crippen molar-refractivity contribution < 1.29 is 23.3 Å². The van der Waals surface area contributed by atoms with Crippen molar-refractivity contribution in [3.05, 3.63) is 157 Å². The summed E-state index contributed by atoms with van der Waals surface area (Å²) in [6.45, 7) is 7.58. The van der Waals surface area contributed by atoms with Crippen LogP contribution in [-0.2, 0) is 36.2 Å². The number of hydrogen-bond donors (Lipinski definition) is 0. The van der Waals surface area contributed by atoms with E-state index in [9.17, 15) is 0 Å². The van der Waals surface area contributed by atoms with Gasteiger partial charge < -0.3 is 0 Å². The first-order valence-corrected chi connectivity index (χ1v) is 20.3. The molecule has 0 aromatic heterocycles. The molecule has 0 atom stereocenters. The van der Waals surface area contributed by atoms with Gasteiger partial charge in [0, 0.05) is 0 Å². The van der Waals surface area contributed by atoms with Crippen molar-refractivity contribution in [3.8, 4) is 0 Å². The maximum Gasteiger partial charge on any atom is -0.171 e. The summed E-state index contributed by atoms with van der Waals surface area (Å²) in [5.41, 5.74) is 3.01. The second kappa shape index (κ2) is 25.5. The second-order valence-corrected chi connectivity index (χ2v) is 10.8. The predicted octanol–water partition coefficient (Wildman–Crippen LogP) is 12.0. The van der Waals surface area contributed by atoms with Crippen LogP contribution in [0.4, 0.5) is 0 Å². The molecule has 0 fully saturated rings. The fourth-order valence-corrected chi connectivity index (χ4v) is 4.91. The fraction of sp³-hybridized carbons (Fsp3) is 0.286. The van der Waals surface area contributed by atoms with Gasteiger partial charge in [0.05, 0.1) is 0 Å². The van der Waals surface area contributed by atoms with Gasteiger partial charge in [-0.25, -0.2) is 0 Å². The third kappa shape index (κ3) is 16.3. The molecule has 0 heterocycles. The normalized spacial score (nSPS) is 9.75. The molecule has 6 aromatic rings. The van der Waals surface area contributed by atoms with Crippen LogP contribution in [0.25, 0.3) is 21.5 Å². The molecule has 0 saturated heterocycles. The van der Waals surface area contributed by atoms with Crippen LogP contribution in [0.3, 0.4) is 0 Å². The number of aryl methyl sites for hydroxylation is 2. The molecule has 6 rings (SSSR count). The summed E-state index contributed by atoms with van der Waals surface area (Å²) >= 11 is 1.36. The number of rotatable bonds is 10. The average Bonchev–Trinajstić information content (AvgIpc) is 3.72. The molecule has 0 nitrogen and oxygen atoms in total. The molecule has 0 unspecified atom stereocenters. The van der Waals surface area contributed by atoms with E-state index in [1.54, 1.807) is 0 Å². The number of hydrogen-bond acceptors (Lipinski definition) is 0. The van der Waals surface area contributed by atoms with Crippen LogP contribution in [0.5, 0.6) is 0 Å². The van der Waals surface area contributed by atoms with Crippen LogP contribution in [-0.4, -0.2) is 6.88 Å². The molecule has 0 N–H and O–H groups in total. The summed E-state index contributed by atoms with van der Waals surface area (Å²) in [6, 6.07) is 51.6. The second-order valence-electron chi connectivity index (χ2n) is 10.8. The van der Waals surface area contributed by atoms with Crippen molar-refractivity contribution in [2.24, 2.45) is 0 Å². The van der Waals surface area contributed by atoms with Crippen LogP contribution in [0.2, 0.25) is 0 Å².